The summed E-state index contributed by atoms with van der Waals surface area (Å²) in [7, 11) is -1.00. The van der Waals surface area contributed by atoms with Crippen LogP contribution in [-0.4, -0.2) is 57.0 Å². The van der Waals surface area contributed by atoms with Crippen LogP contribution < -0.4 is 0 Å². The summed E-state index contributed by atoms with van der Waals surface area (Å²) in [5.41, 5.74) is 0. The summed E-state index contributed by atoms with van der Waals surface area (Å²) in [4.78, 5) is 13.9. The van der Waals surface area contributed by atoms with E-state index in [9.17, 15) is 13.2 Å². The second-order valence-corrected chi connectivity index (χ2v) is 11.8. The zero-order valence-electron chi connectivity index (χ0n) is 20.7. The molecule has 1 aliphatic heterocycles. The summed E-state index contributed by atoms with van der Waals surface area (Å²) in [5, 5.41) is 0. The Labute approximate surface area is 198 Å². The minimum absolute atomic E-state index is 0.00594. The fourth-order valence-corrected chi connectivity index (χ4v) is 5.76. The van der Waals surface area contributed by atoms with Crippen LogP contribution in [0.25, 0.3) is 0 Å². The molecule has 0 amide bonds. The Bertz CT molecular complexity index is 641. The number of ether oxygens (including phenoxy) is 1. The van der Waals surface area contributed by atoms with Gasteiger partial charge in [-0.2, -0.15) is 0 Å². The first-order valence-corrected chi connectivity index (χ1v) is 14.7. The van der Waals surface area contributed by atoms with Crippen LogP contribution in [0.3, 0.4) is 0 Å². The number of cyclic esters (lactones) is 1. The van der Waals surface area contributed by atoms with Gasteiger partial charge < -0.3 is 9.64 Å². The lowest BCUT2D eigenvalue weighted by molar-refractivity contribution is -0.186. The molecule has 0 unspecified atom stereocenters. The first kappa shape index (κ1) is 29.0. The number of nitrogens with zero attached hydrogens (tertiary/aromatic N) is 1. The van der Waals surface area contributed by atoms with Crippen LogP contribution in [0.5, 0.6) is 0 Å². The number of carbonyl (C=O) groups excluding carboxylic acids is 1. The minimum Gasteiger partial charge on any atom is -0.461 e. The highest BCUT2D eigenvalue weighted by Crippen LogP contribution is 2.31. The topological polar surface area (TPSA) is 63.7 Å². The Kier molecular flexibility index (Phi) is 15.8. The summed E-state index contributed by atoms with van der Waals surface area (Å²) < 4.78 is 29.9. The molecule has 0 aromatic carbocycles. The first-order chi connectivity index (χ1) is 15.4. The highest BCUT2D eigenvalue weighted by atomic mass is 32.2. The smallest absolute Gasteiger partial charge is 0.313 e. The average Bonchev–Trinajstić information content (AvgIpc) is 2.74. The molecule has 186 valence electrons. The van der Waals surface area contributed by atoms with Crippen molar-refractivity contribution in [3.05, 3.63) is 0 Å². The van der Waals surface area contributed by atoms with Gasteiger partial charge in [0.2, 0.25) is 0 Å². The predicted molar refractivity (Wildman–Crippen MR) is 133 cm³/mol. The van der Waals surface area contributed by atoms with Crippen LogP contribution in [0, 0.1) is 18.3 Å². The van der Waals surface area contributed by atoms with E-state index < -0.39 is 9.84 Å². The number of esters is 1. The third-order valence-electron chi connectivity index (χ3n) is 6.44. The molecule has 0 radical (unpaired) electrons. The number of hydrogen-bond acceptors (Lipinski definition) is 5. The van der Waals surface area contributed by atoms with Gasteiger partial charge in [-0.15, -0.1) is 12.3 Å². The van der Waals surface area contributed by atoms with Gasteiger partial charge in [-0.3, -0.25) is 4.79 Å². The maximum absolute atomic E-state index is 12.3. The minimum atomic E-state index is -3.01. The summed E-state index contributed by atoms with van der Waals surface area (Å²) >= 11 is 0. The van der Waals surface area contributed by atoms with Crippen molar-refractivity contribution in [3.63, 3.8) is 0 Å². The molecule has 1 rings (SSSR count). The molecule has 5 nitrogen and oxygen atoms in total. The number of carbonyl (C=O) groups is 1. The van der Waals surface area contributed by atoms with Crippen molar-refractivity contribution in [1.82, 2.24) is 4.90 Å². The van der Waals surface area contributed by atoms with Crippen molar-refractivity contribution in [3.8, 4) is 12.3 Å². The van der Waals surface area contributed by atoms with Crippen LogP contribution in [0.1, 0.15) is 103 Å². The lowest BCUT2D eigenvalue weighted by atomic mass is 9.88. The monoisotopic (exact) mass is 469 g/mol. The van der Waals surface area contributed by atoms with Crippen molar-refractivity contribution in [2.75, 3.05) is 31.6 Å². The molecule has 0 N–H and O–H groups in total. The zero-order valence-corrected chi connectivity index (χ0v) is 21.5. The average molecular weight is 470 g/mol. The molecular formula is C26H47NO4S. The number of terminal acetylenes is 1. The van der Waals surface area contributed by atoms with Crippen molar-refractivity contribution < 1.29 is 17.9 Å². The molecule has 0 bridgehead atoms. The second-order valence-electron chi connectivity index (χ2n) is 9.46. The SMILES string of the molecule is C#CCCCN(C)CCCS(=O)(=O)CCCC[C@@H]1OC(=O)[C@H]1CCCCCCCCCC. The normalized spacial score (nSPS) is 18.4. The number of hydrogen-bond donors (Lipinski definition) is 0. The fraction of sp³-hybridized carbons (Fsp3) is 0.885. The standard InChI is InChI=1S/C26H47NO4S/c1-4-6-8-9-10-11-12-13-18-24-25(31-26(24)28)19-14-16-22-32(29,30)23-17-21-27(3)20-15-7-5-2/h2,24-25H,4,6-23H2,1,3H3/t24-,25-/m0/s1. The molecule has 1 aliphatic rings. The van der Waals surface area contributed by atoms with Gasteiger partial charge in [0.1, 0.15) is 15.9 Å². The fourth-order valence-electron chi connectivity index (χ4n) is 4.35. The molecule has 6 heteroatoms. The van der Waals surface area contributed by atoms with E-state index in [4.69, 9.17) is 11.2 Å². The van der Waals surface area contributed by atoms with E-state index in [1.165, 1.54) is 44.9 Å². The van der Waals surface area contributed by atoms with Crippen molar-refractivity contribution in [2.45, 2.75) is 109 Å². The van der Waals surface area contributed by atoms with E-state index >= 15 is 0 Å². The third kappa shape index (κ3) is 13.5. The van der Waals surface area contributed by atoms with E-state index in [1.54, 1.807) is 0 Å². The Morgan fingerprint density at radius 2 is 1.47 bits per heavy atom. The Morgan fingerprint density at radius 1 is 0.875 bits per heavy atom. The van der Waals surface area contributed by atoms with Gasteiger partial charge in [0.05, 0.1) is 17.4 Å². The van der Waals surface area contributed by atoms with E-state index in [1.807, 2.05) is 7.05 Å². The maximum Gasteiger partial charge on any atom is 0.313 e. The molecule has 1 fully saturated rings. The van der Waals surface area contributed by atoms with Gasteiger partial charge in [0, 0.05) is 6.42 Å². The summed E-state index contributed by atoms with van der Waals surface area (Å²) in [6, 6.07) is 0. The summed E-state index contributed by atoms with van der Waals surface area (Å²) in [5.74, 6) is 3.08. The maximum atomic E-state index is 12.3. The quantitative estimate of drug-likeness (QED) is 0.128. The van der Waals surface area contributed by atoms with E-state index in [2.05, 4.69) is 17.7 Å². The zero-order chi connectivity index (χ0) is 23.7. The summed E-state index contributed by atoms with van der Waals surface area (Å²) in [6.45, 7) is 3.92. The molecular weight excluding hydrogens is 422 g/mol. The Hall–Kier alpha value is -1.06. The molecule has 32 heavy (non-hydrogen) atoms. The van der Waals surface area contributed by atoms with Crippen LogP contribution in [0.15, 0.2) is 0 Å². The Morgan fingerprint density at radius 3 is 2.12 bits per heavy atom. The lowest BCUT2D eigenvalue weighted by Crippen LogP contribution is -2.45. The molecule has 0 aliphatic carbocycles. The molecule has 1 heterocycles. The number of unbranched alkanes of at least 4 members (excludes halogenated alkanes) is 9. The van der Waals surface area contributed by atoms with Crippen LogP contribution in [0.2, 0.25) is 0 Å². The number of sulfone groups is 1. The van der Waals surface area contributed by atoms with Crippen LogP contribution in [-0.2, 0) is 19.4 Å². The van der Waals surface area contributed by atoms with E-state index in [0.29, 0.717) is 12.8 Å². The number of rotatable bonds is 21. The molecule has 0 aromatic rings. The van der Waals surface area contributed by atoms with Crippen LogP contribution >= 0.6 is 0 Å². The molecule has 0 spiro atoms. The van der Waals surface area contributed by atoms with Crippen LogP contribution in [0.4, 0.5) is 0 Å². The molecule has 0 aromatic heterocycles. The molecule has 2 atom stereocenters. The van der Waals surface area contributed by atoms with E-state index in [0.717, 1.165) is 51.6 Å². The highest BCUT2D eigenvalue weighted by Gasteiger charge is 2.40. The first-order valence-electron chi connectivity index (χ1n) is 12.9. The molecule has 1 saturated heterocycles. The van der Waals surface area contributed by atoms with Gasteiger partial charge in [0.15, 0.2) is 0 Å². The second kappa shape index (κ2) is 17.4. The Balaban J connectivity index is 2.08. The lowest BCUT2D eigenvalue weighted by Gasteiger charge is -2.35. The predicted octanol–water partition coefficient (Wildman–Crippen LogP) is 5.38. The highest BCUT2D eigenvalue weighted by molar-refractivity contribution is 7.91. The third-order valence-corrected chi connectivity index (χ3v) is 8.26. The van der Waals surface area contributed by atoms with E-state index in [-0.39, 0.29) is 29.5 Å². The van der Waals surface area contributed by atoms with Crippen molar-refractivity contribution >= 4 is 15.8 Å². The largest absolute Gasteiger partial charge is 0.461 e. The van der Waals surface area contributed by atoms with Gasteiger partial charge >= 0.3 is 5.97 Å². The van der Waals surface area contributed by atoms with Gasteiger partial charge in [0.25, 0.3) is 0 Å². The van der Waals surface area contributed by atoms with Gasteiger partial charge in [-0.05, 0) is 58.7 Å². The summed E-state index contributed by atoms with van der Waals surface area (Å²) in [6.07, 6.45) is 20.9. The molecule has 0 saturated carbocycles. The van der Waals surface area contributed by atoms with Crippen molar-refractivity contribution in [1.29, 1.82) is 0 Å². The van der Waals surface area contributed by atoms with Gasteiger partial charge in [-0.1, -0.05) is 58.3 Å². The van der Waals surface area contributed by atoms with Gasteiger partial charge in [-0.25, -0.2) is 8.42 Å². The van der Waals surface area contributed by atoms with Crippen molar-refractivity contribution in [2.24, 2.45) is 5.92 Å².